The summed E-state index contributed by atoms with van der Waals surface area (Å²) in [5, 5.41) is 15.6. The Balaban J connectivity index is 2.14. The number of hydrogen-bond donors (Lipinski definition) is 0. The fourth-order valence-corrected chi connectivity index (χ4v) is 10.6. The summed E-state index contributed by atoms with van der Waals surface area (Å²) >= 11 is 0. The Hall–Kier alpha value is -2.44. The third kappa shape index (κ3) is 3.30. The van der Waals surface area contributed by atoms with Crippen molar-refractivity contribution in [2.45, 2.75) is 43.7 Å². The molecular weight excluding hydrogens is 375 g/mol. The number of carboxylic acid groups (broad SMARTS) is 1. The fourth-order valence-electron chi connectivity index (χ4n) is 5.13. The summed E-state index contributed by atoms with van der Waals surface area (Å²) in [4.78, 5) is 13.1. The molecule has 0 amide bonds. The standard InChI is InChI=1S/C26H27O2P/c27-25(28)26(20-12-1-2-13-21-26)29(22-14-6-3-7-15-22,23-16-8-4-9-17-23)24-18-10-5-11-19-24/h3-11,14-19H,1-2,12-13,20-21H2. The highest BCUT2D eigenvalue weighted by Crippen LogP contribution is 2.69. The van der Waals surface area contributed by atoms with E-state index in [9.17, 15) is 9.90 Å². The van der Waals surface area contributed by atoms with Crippen molar-refractivity contribution >= 4 is 29.1 Å². The minimum Gasteiger partial charge on any atom is -0.546 e. The van der Waals surface area contributed by atoms with Crippen molar-refractivity contribution in [3.8, 4) is 0 Å². The average Bonchev–Trinajstić information content (AvgIpc) is 3.04. The first-order valence-corrected chi connectivity index (χ1v) is 12.3. The largest absolute Gasteiger partial charge is 0.546 e. The van der Waals surface area contributed by atoms with Crippen LogP contribution in [-0.2, 0) is 4.79 Å². The summed E-state index contributed by atoms with van der Waals surface area (Å²) in [6.07, 6.45) is 5.38. The third-order valence-electron chi connectivity index (χ3n) is 6.38. The molecule has 3 aromatic rings. The number of carboxylic acids is 1. The molecule has 1 aliphatic rings. The zero-order valence-electron chi connectivity index (χ0n) is 16.7. The van der Waals surface area contributed by atoms with Crippen LogP contribution < -0.4 is 21.0 Å². The zero-order chi connectivity index (χ0) is 20.2. The van der Waals surface area contributed by atoms with Gasteiger partial charge in [-0.2, -0.15) is 0 Å². The third-order valence-corrected chi connectivity index (χ3v) is 11.5. The second kappa shape index (κ2) is 8.51. The molecule has 0 radical (unpaired) electrons. The van der Waals surface area contributed by atoms with Gasteiger partial charge in [0.25, 0.3) is 0 Å². The lowest BCUT2D eigenvalue weighted by atomic mass is 9.99. The van der Waals surface area contributed by atoms with Gasteiger partial charge in [0.1, 0.15) is 28.3 Å². The molecule has 0 bridgehead atoms. The van der Waals surface area contributed by atoms with E-state index in [0.29, 0.717) is 12.8 Å². The van der Waals surface area contributed by atoms with E-state index < -0.39 is 18.4 Å². The summed E-state index contributed by atoms with van der Waals surface area (Å²) < 4.78 is 0. The predicted molar refractivity (Wildman–Crippen MR) is 121 cm³/mol. The van der Waals surface area contributed by atoms with Gasteiger partial charge in [-0.05, 0) is 62.1 Å². The lowest BCUT2D eigenvalue weighted by Crippen LogP contribution is -2.57. The van der Waals surface area contributed by atoms with Gasteiger partial charge >= 0.3 is 0 Å². The van der Waals surface area contributed by atoms with E-state index in [1.165, 1.54) is 0 Å². The van der Waals surface area contributed by atoms with Gasteiger partial charge in [-0.3, -0.25) is 0 Å². The smallest absolute Gasteiger partial charge is 0.133 e. The Labute approximate surface area is 173 Å². The molecule has 0 aromatic heterocycles. The van der Waals surface area contributed by atoms with Gasteiger partial charge in [0, 0.05) is 0 Å². The molecule has 0 spiro atoms. The highest BCUT2D eigenvalue weighted by atomic mass is 31.2. The van der Waals surface area contributed by atoms with E-state index in [-0.39, 0.29) is 0 Å². The van der Waals surface area contributed by atoms with E-state index in [1.54, 1.807) is 0 Å². The quantitative estimate of drug-likeness (QED) is 0.481. The van der Waals surface area contributed by atoms with Gasteiger partial charge in [-0.1, -0.05) is 67.4 Å². The SMILES string of the molecule is O=C([O-])C1([P+](c2ccccc2)(c2ccccc2)c2ccccc2)CCCCCC1. The summed E-state index contributed by atoms with van der Waals surface area (Å²) in [7, 11) is -2.51. The molecule has 3 aromatic carbocycles. The number of benzene rings is 3. The molecular formula is C26H27O2P. The number of rotatable bonds is 5. The van der Waals surface area contributed by atoms with E-state index in [1.807, 2.05) is 54.6 Å². The summed E-state index contributed by atoms with van der Waals surface area (Å²) in [5.74, 6) is -0.885. The molecule has 0 N–H and O–H groups in total. The molecule has 148 valence electrons. The van der Waals surface area contributed by atoms with Crippen molar-refractivity contribution in [1.82, 2.24) is 0 Å². The number of hydrogen-bond acceptors (Lipinski definition) is 2. The van der Waals surface area contributed by atoms with Crippen LogP contribution in [-0.4, -0.2) is 11.1 Å². The predicted octanol–water partition coefficient (Wildman–Crippen LogP) is 3.82. The van der Waals surface area contributed by atoms with Crippen molar-refractivity contribution in [2.24, 2.45) is 0 Å². The summed E-state index contributed by atoms with van der Waals surface area (Å²) in [6.45, 7) is 0. The van der Waals surface area contributed by atoms with Gasteiger partial charge in [0.05, 0.1) is 5.97 Å². The van der Waals surface area contributed by atoms with Crippen LogP contribution in [0.4, 0.5) is 0 Å². The van der Waals surface area contributed by atoms with Crippen LogP contribution in [0.1, 0.15) is 38.5 Å². The van der Waals surface area contributed by atoms with Crippen LogP contribution in [0.25, 0.3) is 0 Å². The maximum absolute atomic E-state index is 13.1. The van der Waals surface area contributed by atoms with Crippen molar-refractivity contribution in [2.75, 3.05) is 0 Å². The lowest BCUT2D eigenvalue weighted by Gasteiger charge is -2.45. The normalized spacial score (nSPS) is 16.7. The molecule has 1 aliphatic carbocycles. The highest BCUT2D eigenvalue weighted by molar-refractivity contribution is 7.97. The monoisotopic (exact) mass is 402 g/mol. The van der Waals surface area contributed by atoms with Gasteiger partial charge in [-0.15, -0.1) is 0 Å². The molecule has 0 aliphatic heterocycles. The first-order chi connectivity index (χ1) is 14.2. The van der Waals surface area contributed by atoms with E-state index in [4.69, 9.17) is 0 Å². The topological polar surface area (TPSA) is 40.1 Å². The Morgan fingerprint density at radius 2 is 0.966 bits per heavy atom. The minimum absolute atomic E-state index is 0.668. The number of aliphatic carboxylic acids is 1. The van der Waals surface area contributed by atoms with Crippen molar-refractivity contribution in [1.29, 1.82) is 0 Å². The van der Waals surface area contributed by atoms with Gasteiger partial charge < -0.3 is 9.90 Å². The maximum Gasteiger partial charge on any atom is 0.133 e. The van der Waals surface area contributed by atoms with Gasteiger partial charge in [-0.25, -0.2) is 0 Å². The average molecular weight is 402 g/mol. The Kier molecular flexibility index (Phi) is 5.83. The fraction of sp³-hybridized carbons (Fsp3) is 0.269. The molecule has 4 rings (SSSR count). The first-order valence-electron chi connectivity index (χ1n) is 10.5. The molecule has 0 saturated heterocycles. The zero-order valence-corrected chi connectivity index (χ0v) is 17.6. The first kappa shape index (κ1) is 19.9. The molecule has 29 heavy (non-hydrogen) atoms. The van der Waals surface area contributed by atoms with Crippen molar-refractivity contribution in [3.05, 3.63) is 91.0 Å². The molecule has 2 nitrogen and oxygen atoms in total. The Morgan fingerprint density at radius 3 is 1.28 bits per heavy atom. The van der Waals surface area contributed by atoms with E-state index in [2.05, 4.69) is 36.4 Å². The second-order valence-corrected chi connectivity index (χ2v) is 11.7. The summed E-state index contributed by atoms with van der Waals surface area (Å²) in [6, 6.07) is 31.0. The summed E-state index contributed by atoms with van der Waals surface area (Å²) in [5.41, 5.74) is 0. The van der Waals surface area contributed by atoms with Crippen LogP contribution >= 0.6 is 7.26 Å². The Morgan fingerprint density at radius 1 is 0.621 bits per heavy atom. The van der Waals surface area contributed by atoms with Crippen LogP contribution in [0.5, 0.6) is 0 Å². The van der Waals surface area contributed by atoms with E-state index in [0.717, 1.165) is 41.6 Å². The van der Waals surface area contributed by atoms with Crippen molar-refractivity contribution in [3.63, 3.8) is 0 Å². The van der Waals surface area contributed by atoms with Crippen LogP contribution in [0, 0.1) is 0 Å². The molecule has 0 atom stereocenters. The number of carbonyl (C=O) groups excluding carboxylic acids is 1. The molecule has 3 heteroatoms. The van der Waals surface area contributed by atoms with Gasteiger partial charge in [0.15, 0.2) is 0 Å². The second-order valence-electron chi connectivity index (χ2n) is 7.91. The van der Waals surface area contributed by atoms with E-state index >= 15 is 0 Å². The van der Waals surface area contributed by atoms with Crippen LogP contribution in [0.15, 0.2) is 91.0 Å². The maximum atomic E-state index is 13.1. The highest BCUT2D eigenvalue weighted by Gasteiger charge is 2.63. The minimum atomic E-state index is -2.51. The Bertz CT molecular complexity index is 834. The van der Waals surface area contributed by atoms with Crippen LogP contribution in [0.2, 0.25) is 0 Å². The van der Waals surface area contributed by atoms with Gasteiger partial charge in [0.2, 0.25) is 0 Å². The molecule has 0 unspecified atom stereocenters. The molecule has 1 fully saturated rings. The lowest BCUT2D eigenvalue weighted by molar-refractivity contribution is -0.309. The molecule has 1 saturated carbocycles. The van der Waals surface area contributed by atoms with Crippen molar-refractivity contribution < 1.29 is 9.90 Å². The molecule has 0 heterocycles. The number of carbonyl (C=O) groups is 1. The van der Waals surface area contributed by atoms with Crippen LogP contribution in [0.3, 0.4) is 0 Å².